The molecular formula is C19H15ClN4OS. The van der Waals surface area contributed by atoms with Crippen molar-refractivity contribution in [1.29, 1.82) is 0 Å². The van der Waals surface area contributed by atoms with Crippen molar-refractivity contribution in [3.63, 3.8) is 0 Å². The number of thioether (sulfide) groups is 1. The van der Waals surface area contributed by atoms with Crippen LogP contribution in [0.1, 0.15) is 11.3 Å². The van der Waals surface area contributed by atoms with Crippen LogP contribution in [0.4, 0.5) is 0 Å². The number of nitrogens with one attached hydrogen (secondary N) is 1. The quantitative estimate of drug-likeness (QED) is 0.533. The summed E-state index contributed by atoms with van der Waals surface area (Å²) in [5.74, 6) is 0.685. The highest BCUT2D eigenvalue weighted by molar-refractivity contribution is 7.98. The van der Waals surface area contributed by atoms with E-state index in [0.29, 0.717) is 21.6 Å². The molecule has 5 nitrogen and oxygen atoms in total. The van der Waals surface area contributed by atoms with Gasteiger partial charge < -0.3 is 0 Å². The Kier molecular flexibility index (Phi) is 4.53. The maximum absolute atomic E-state index is 12.4. The number of halogens is 1. The Morgan fingerprint density at radius 2 is 1.85 bits per heavy atom. The van der Waals surface area contributed by atoms with Crippen LogP contribution in [-0.4, -0.2) is 19.6 Å². The number of nitrogens with zero attached hydrogens (tertiary/aromatic N) is 3. The highest BCUT2D eigenvalue weighted by Gasteiger charge is 2.16. The fourth-order valence-corrected chi connectivity index (χ4v) is 3.70. The third kappa shape index (κ3) is 3.25. The molecule has 0 fully saturated rings. The van der Waals surface area contributed by atoms with E-state index in [1.54, 1.807) is 0 Å². The summed E-state index contributed by atoms with van der Waals surface area (Å²) in [6.45, 7) is 1.89. The number of fused-ring (bicyclic) bond motifs is 1. The summed E-state index contributed by atoms with van der Waals surface area (Å²) in [6, 6.07) is 17.5. The minimum absolute atomic E-state index is 0.293. The number of hydrogen-bond acceptors (Lipinski definition) is 4. The molecule has 0 atom stereocenters. The predicted molar refractivity (Wildman–Crippen MR) is 105 cm³/mol. The van der Waals surface area contributed by atoms with Crippen molar-refractivity contribution in [1.82, 2.24) is 19.6 Å². The highest BCUT2D eigenvalue weighted by Crippen LogP contribution is 2.27. The first kappa shape index (κ1) is 16.9. The summed E-state index contributed by atoms with van der Waals surface area (Å²) < 4.78 is 1.32. The monoisotopic (exact) mass is 382 g/mol. The number of benzene rings is 2. The van der Waals surface area contributed by atoms with E-state index in [9.17, 15) is 4.79 Å². The van der Waals surface area contributed by atoms with Gasteiger partial charge in [0.25, 0.3) is 0 Å². The molecule has 4 rings (SSSR count). The lowest BCUT2D eigenvalue weighted by molar-refractivity contribution is 0.780. The van der Waals surface area contributed by atoms with E-state index in [4.69, 9.17) is 11.6 Å². The smallest absolute Gasteiger partial charge is 0.285 e. The van der Waals surface area contributed by atoms with Gasteiger partial charge in [-0.2, -0.15) is 9.61 Å². The van der Waals surface area contributed by atoms with Gasteiger partial charge in [0.2, 0.25) is 0 Å². The maximum atomic E-state index is 12.4. The van der Waals surface area contributed by atoms with E-state index in [1.165, 1.54) is 16.3 Å². The van der Waals surface area contributed by atoms with Crippen LogP contribution in [0.15, 0.2) is 64.5 Å². The summed E-state index contributed by atoms with van der Waals surface area (Å²) in [5.41, 5.74) is 4.02. The Balaban J connectivity index is 1.73. The molecular weight excluding hydrogens is 368 g/mol. The minimum Gasteiger partial charge on any atom is -0.285 e. The molecule has 26 heavy (non-hydrogen) atoms. The first-order valence-electron chi connectivity index (χ1n) is 8.04. The van der Waals surface area contributed by atoms with Crippen molar-refractivity contribution in [2.24, 2.45) is 0 Å². The molecule has 4 aromatic rings. The lowest BCUT2D eigenvalue weighted by atomic mass is 10.1. The molecule has 0 unspecified atom stereocenters. The van der Waals surface area contributed by atoms with Gasteiger partial charge in [0, 0.05) is 16.3 Å². The number of hydrogen-bond donors (Lipinski definition) is 1. The van der Waals surface area contributed by atoms with Crippen molar-refractivity contribution in [3.05, 3.63) is 81.4 Å². The van der Waals surface area contributed by atoms with Crippen molar-refractivity contribution >= 4 is 29.0 Å². The molecule has 0 aliphatic heterocycles. The molecule has 130 valence electrons. The van der Waals surface area contributed by atoms with Gasteiger partial charge in [-0.15, -0.1) is 0 Å². The van der Waals surface area contributed by atoms with Gasteiger partial charge >= 0.3 is 5.69 Å². The standard InChI is InChI=1S/C19H15ClN4OS/c1-12-16(14-5-3-2-4-6-14)17-21-18(22-19(25)24(17)23-12)26-11-13-7-9-15(20)10-8-13/h2-10H,11H2,1H3,(H,21,22,25). The summed E-state index contributed by atoms with van der Waals surface area (Å²) >= 11 is 7.39. The third-order valence-electron chi connectivity index (χ3n) is 4.00. The van der Waals surface area contributed by atoms with Gasteiger partial charge in [0.05, 0.1) is 5.69 Å². The van der Waals surface area contributed by atoms with Gasteiger partial charge in [-0.3, -0.25) is 4.98 Å². The van der Waals surface area contributed by atoms with Crippen LogP contribution in [0.5, 0.6) is 0 Å². The summed E-state index contributed by atoms with van der Waals surface area (Å²) in [5, 5.41) is 5.61. The minimum atomic E-state index is -0.293. The Hall–Kier alpha value is -2.57. The van der Waals surface area contributed by atoms with Crippen LogP contribution in [0.25, 0.3) is 16.8 Å². The molecule has 2 aromatic carbocycles. The Bertz CT molecular complexity index is 1120. The molecule has 0 radical (unpaired) electrons. The van der Waals surface area contributed by atoms with E-state index in [1.807, 2.05) is 61.5 Å². The molecule has 1 N–H and O–H groups in total. The average Bonchev–Trinajstić information content (AvgIpc) is 2.98. The molecule has 0 aliphatic rings. The van der Waals surface area contributed by atoms with Crippen LogP contribution in [0, 0.1) is 6.92 Å². The Morgan fingerprint density at radius 1 is 1.12 bits per heavy atom. The zero-order chi connectivity index (χ0) is 18.1. The zero-order valence-corrected chi connectivity index (χ0v) is 15.5. The van der Waals surface area contributed by atoms with Crippen molar-refractivity contribution in [2.45, 2.75) is 17.8 Å². The number of aromatic nitrogens is 4. The van der Waals surface area contributed by atoms with Crippen LogP contribution in [-0.2, 0) is 5.75 Å². The lowest BCUT2D eigenvalue weighted by Gasteiger charge is -2.04. The highest BCUT2D eigenvalue weighted by atomic mass is 35.5. The lowest BCUT2D eigenvalue weighted by Crippen LogP contribution is -2.19. The van der Waals surface area contributed by atoms with E-state index < -0.39 is 0 Å². The topological polar surface area (TPSA) is 63.1 Å². The van der Waals surface area contributed by atoms with Crippen molar-refractivity contribution in [3.8, 4) is 11.1 Å². The van der Waals surface area contributed by atoms with Crippen LogP contribution < -0.4 is 5.69 Å². The van der Waals surface area contributed by atoms with Crippen molar-refractivity contribution in [2.75, 3.05) is 0 Å². The molecule has 0 bridgehead atoms. The molecule has 0 saturated carbocycles. The van der Waals surface area contributed by atoms with Gasteiger partial charge in [0.1, 0.15) is 0 Å². The Morgan fingerprint density at radius 3 is 2.58 bits per heavy atom. The first-order valence-corrected chi connectivity index (χ1v) is 9.40. The van der Waals surface area contributed by atoms with Crippen LogP contribution in [0.2, 0.25) is 5.02 Å². The second-order valence-corrected chi connectivity index (χ2v) is 7.22. The number of aryl methyl sites for hydroxylation is 1. The second-order valence-electron chi connectivity index (χ2n) is 5.82. The zero-order valence-electron chi connectivity index (χ0n) is 13.9. The van der Waals surface area contributed by atoms with E-state index in [-0.39, 0.29) is 5.69 Å². The van der Waals surface area contributed by atoms with Crippen LogP contribution in [0.3, 0.4) is 0 Å². The summed E-state index contributed by atoms with van der Waals surface area (Å²) in [6.07, 6.45) is 0. The first-order chi connectivity index (χ1) is 12.6. The maximum Gasteiger partial charge on any atom is 0.350 e. The molecule has 0 spiro atoms. The normalized spacial score (nSPS) is 11.2. The predicted octanol–water partition coefficient (Wildman–Crippen LogP) is 4.34. The fourth-order valence-electron chi connectivity index (χ4n) is 2.77. The molecule has 0 amide bonds. The Labute approximate surface area is 159 Å². The molecule has 0 aliphatic carbocycles. The summed E-state index contributed by atoms with van der Waals surface area (Å²) in [4.78, 5) is 19.9. The average molecular weight is 383 g/mol. The van der Waals surface area contributed by atoms with Gasteiger partial charge in [-0.05, 0) is 30.2 Å². The fraction of sp³-hybridized carbons (Fsp3) is 0.105. The molecule has 2 heterocycles. The SMILES string of the molecule is Cc1nn2c(=O)[nH]c(SCc3ccc(Cl)cc3)nc2c1-c1ccccc1. The van der Waals surface area contributed by atoms with Gasteiger partial charge in [-0.1, -0.05) is 65.8 Å². The molecule has 2 aromatic heterocycles. The van der Waals surface area contributed by atoms with E-state index in [0.717, 1.165) is 22.4 Å². The number of aromatic amines is 1. The summed E-state index contributed by atoms with van der Waals surface area (Å²) in [7, 11) is 0. The number of rotatable bonds is 4. The molecule has 0 saturated heterocycles. The number of H-pyrrole nitrogens is 1. The second kappa shape index (κ2) is 6.97. The third-order valence-corrected chi connectivity index (χ3v) is 5.20. The van der Waals surface area contributed by atoms with E-state index >= 15 is 0 Å². The molecule has 7 heteroatoms. The van der Waals surface area contributed by atoms with Gasteiger partial charge in [0.15, 0.2) is 10.8 Å². The largest absolute Gasteiger partial charge is 0.350 e. The van der Waals surface area contributed by atoms with Crippen LogP contribution >= 0.6 is 23.4 Å². The van der Waals surface area contributed by atoms with Crippen molar-refractivity contribution < 1.29 is 0 Å². The van der Waals surface area contributed by atoms with Gasteiger partial charge in [-0.25, -0.2) is 9.78 Å². The van der Waals surface area contributed by atoms with E-state index in [2.05, 4.69) is 15.1 Å².